The summed E-state index contributed by atoms with van der Waals surface area (Å²) in [4.78, 5) is 16.1. The van der Waals surface area contributed by atoms with Crippen molar-refractivity contribution >= 4 is 16.8 Å². The SMILES string of the molecule is O=C(NCc1cccc(F)c1)c1cnc2c(F)cccc2c1. The van der Waals surface area contributed by atoms with Crippen molar-refractivity contribution < 1.29 is 13.6 Å². The van der Waals surface area contributed by atoms with Crippen molar-refractivity contribution in [1.29, 1.82) is 0 Å². The molecule has 0 radical (unpaired) electrons. The van der Waals surface area contributed by atoms with Gasteiger partial charge in [-0.1, -0.05) is 24.3 Å². The first-order chi connectivity index (χ1) is 10.6. The van der Waals surface area contributed by atoms with Crippen LogP contribution in [0.3, 0.4) is 0 Å². The fourth-order valence-electron chi connectivity index (χ4n) is 2.18. The highest BCUT2D eigenvalue weighted by atomic mass is 19.1. The second-order valence-corrected chi connectivity index (χ2v) is 4.85. The topological polar surface area (TPSA) is 42.0 Å². The van der Waals surface area contributed by atoms with E-state index in [2.05, 4.69) is 10.3 Å². The van der Waals surface area contributed by atoms with E-state index in [1.807, 2.05) is 0 Å². The lowest BCUT2D eigenvalue weighted by atomic mass is 10.1. The summed E-state index contributed by atoms with van der Waals surface area (Å²) in [6, 6.07) is 12.1. The van der Waals surface area contributed by atoms with Crippen molar-refractivity contribution in [1.82, 2.24) is 10.3 Å². The van der Waals surface area contributed by atoms with Gasteiger partial charge in [-0.2, -0.15) is 0 Å². The normalized spacial score (nSPS) is 10.6. The van der Waals surface area contributed by atoms with Gasteiger partial charge in [0.25, 0.3) is 5.91 Å². The summed E-state index contributed by atoms with van der Waals surface area (Å²) < 4.78 is 26.6. The van der Waals surface area contributed by atoms with Crippen LogP contribution in [-0.2, 0) is 6.54 Å². The molecule has 0 saturated heterocycles. The molecular weight excluding hydrogens is 286 g/mol. The van der Waals surface area contributed by atoms with Crippen molar-refractivity contribution in [2.24, 2.45) is 0 Å². The van der Waals surface area contributed by atoms with E-state index in [1.165, 1.54) is 24.4 Å². The lowest BCUT2D eigenvalue weighted by molar-refractivity contribution is 0.0950. The van der Waals surface area contributed by atoms with E-state index in [9.17, 15) is 13.6 Å². The average Bonchev–Trinajstić information content (AvgIpc) is 2.52. The van der Waals surface area contributed by atoms with Crippen LogP contribution in [0.15, 0.2) is 54.7 Å². The van der Waals surface area contributed by atoms with Crippen LogP contribution in [-0.4, -0.2) is 10.9 Å². The molecule has 1 aromatic heterocycles. The zero-order valence-electron chi connectivity index (χ0n) is 11.5. The summed E-state index contributed by atoms with van der Waals surface area (Å²) >= 11 is 0. The van der Waals surface area contributed by atoms with Gasteiger partial charge in [0.2, 0.25) is 0 Å². The number of pyridine rings is 1. The van der Waals surface area contributed by atoms with Crippen LogP contribution in [0, 0.1) is 11.6 Å². The Hall–Kier alpha value is -2.82. The largest absolute Gasteiger partial charge is 0.348 e. The van der Waals surface area contributed by atoms with Gasteiger partial charge in [0, 0.05) is 18.1 Å². The summed E-state index contributed by atoms with van der Waals surface area (Å²) in [6.07, 6.45) is 1.33. The predicted molar refractivity (Wildman–Crippen MR) is 79.3 cm³/mol. The number of amides is 1. The number of halogens is 2. The highest BCUT2D eigenvalue weighted by Gasteiger charge is 2.09. The van der Waals surface area contributed by atoms with Crippen molar-refractivity contribution in [2.45, 2.75) is 6.54 Å². The molecule has 0 fully saturated rings. The Balaban J connectivity index is 1.77. The third-order valence-electron chi connectivity index (χ3n) is 3.27. The van der Waals surface area contributed by atoms with Crippen molar-refractivity contribution in [3.8, 4) is 0 Å². The second kappa shape index (κ2) is 5.89. The van der Waals surface area contributed by atoms with E-state index in [-0.39, 0.29) is 23.8 Å². The zero-order valence-corrected chi connectivity index (χ0v) is 11.5. The number of rotatable bonds is 3. The Bertz CT molecular complexity index is 849. The maximum absolute atomic E-state index is 13.5. The van der Waals surface area contributed by atoms with Gasteiger partial charge in [0.15, 0.2) is 0 Å². The van der Waals surface area contributed by atoms with Crippen LogP contribution in [0.2, 0.25) is 0 Å². The first-order valence-electron chi connectivity index (χ1n) is 6.70. The highest BCUT2D eigenvalue weighted by molar-refractivity contribution is 5.97. The maximum Gasteiger partial charge on any atom is 0.253 e. The molecule has 110 valence electrons. The Morgan fingerprint density at radius 2 is 1.91 bits per heavy atom. The van der Waals surface area contributed by atoms with Crippen LogP contribution in [0.25, 0.3) is 10.9 Å². The number of carbonyl (C=O) groups is 1. The molecule has 3 rings (SSSR count). The lowest BCUT2D eigenvalue weighted by Crippen LogP contribution is -2.23. The van der Waals surface area contributed by atoms with E-state index in [0.29, 0.717) is 16.5 Å². The monoisotopic (exact) mass is 298 g/mol. The van der Waals surface area contributed by atoms with Crippen molar-refractivity contribution in [3.63, 3.8) is 0 Å². The van der Waals surface area contributed by atoms with Gasteiger partial charge in [0.1, 0.15) is 17.2 Å². The Morgan fingerprint density at radius 3 is 2.73 bits per heavy atom. The van der Waals surface area contributed by atoms with Gasteiger partial charge < -0.3 is 5.32 Å². The first kappa shape index (κ1) is 14.1. The Kier molecular flexibility index (Phi) is 3.78. The highest BCUT2D eigenvalue weighted by Crippen LogP contribution is 2.16. The van der Waals surface area contributed by atoms with E-state index in [1.54, 1.807) is 30.3 Å². The Morgan fingerprint density at radius 1 is 1.09 bits per heavy atom. The number of hydrogen-bond donors (Lipinski definition) is 1. The molecule has 1 heterocycles. The number of nitrogens with one attached hydrogen (secondary N) is 1. The molecule has 3 nitrogen and oxygen atoms in total. The van der Waals surface area contributed by atoms with Gasteiger partial charge in [0.05, 0.1) is 5.56 Å². The van der Waals surface area contributed by atoms with Gasteiger partial charge in [-0.25, -0.2) is 8.78 Å². The molecule has 0 aliphatic carbocycles. The fourth-order valence-corrected chi connectivity index (χ4v) is 2.18. The first-order valence-corrected chi connectivity index (χ1v) is 6.70. The van der Waals surface area contributed by atoms with E-state index >= 15 is 0 Å². The number of benzene rings is 2. The quantitative estimate of drug-likeness (QED) is 0.805. The number of carbonyl (C=O) groups excluding carboxylic acids is 1. The standard InChI is InChI=1S/C17H12F2N2O/c18-14-5-1-3-11(7-14)9-21-17(22)13-8-12-4-2-6-15(19)16(12)20-10-13/h1-8,10H,9H2,(H,21,22). The van der Waals surface area contributed by atoms with E-state index in [0.717, 1.165) is 0 Å². The van der Waals surface area contributed by atoms with Crippen molar-refractivity contribution in [2.75, 3.05) is 0 Å². The maximum atomic E-state index is 13.5. The summed E-state index contributed by atoms with van der Waals surface area (Å²) in [5, 5.41) is 3.24. The van der Waals surface area contributed by atoms with Crippen LogP contribution in [0.5, 0.6) is 0 Å². The molecule has 22 heavy (non-hydrogen) atoms. The van der Waals surface area contributed by atoms with Gasteiger partial charge in [-0.05, 0) is 29.8 Å². The van der Waals surface area contributed by atoms with Gasteiger partial charge >= 0.3 is 0 Å². The minimum atomic E-state index is -0.427. The molecule has 3 aromatic rings. The predicted octanol–water partition coefficient (Wildman–Crippen LogP) is 3.44. The molecule has 1 N–H and O–H groups in total. The fraction of sp³-hybridized carbons (Fsp3) is 0.0588. The Labute approximate surface area is 125 Å². The molecule has 2 aromatic carbocycles. The van der Waals surface area contributed by atoms with Crippen LogP contribution < -0.4 is 5.32 Å². The van der Waals surface area contributed by atoms with Crippen LogP contribution in [0.4, 0.5) is 8.78 Å². The third-order valence-corrected chi connectivity index (χ3v) is 3.27. The second-order valence-electron chi connectivity index (χ2n) is 4.85. The summed E-state index contributed by atoms with van der Waals surface area (Å²) in [5.74, 6) is -1.12. The number of nitrogens with zero attached hydrogens (tertiary/aromatic N) is 1. The summed E-state index contributed by atoms with van der Waals surface area (Å²) in [5.41, 5.74) is 1.21. The van der Waals surface area contributed by atoms with Crippen LogP contribution in [0.1, 0.15) is 15.9 Å². The number of hydrogen-bond acceptors (Lipinski definition) is 2. The van der Waals surface area contributed by atoms with Crippen molar-refractivity contribution in [3.05, 3.63) is 77.5 Å². The smallest absolute Gasteiger partial charge is 0.253 e. The molecule has 0 aliphatic heterocycles. The molecule has 0 unspecified atom stereocenters. The van der Waals surface area contributed by atoms with Gasteiger partial charge in [-0.3, -0.25) is 9.78 Å². The minimum Gasteiger partial charge on any atom is -0.348 e. The zero-order chi connectivity index (χ0) is 15.5. The molecule has 5 heteroatoms. The number of fused-ring (bicyclic) bond motifs is 1. The molecule has 0 aliphatic rings. The van der Waals surface area contributed by atoms with Crippen LogP contribution >= 0.6 is 0 Å². The molecule has 0 spiro atoms. The summed E-state index contributed by atoms with van der Waals surface area (Å²) in [6.45, 7) is 0.206. The molecule has 0 atom stereocenters. The van der Waals surface area contributed by atoms with E-state index in [4.69, 9.17) is 0 Å². The molecular formula is C17H12F2N2O. The van der Waals surface area contributed by atoms with Gasteiger partial charge in [-0.15, -0.1) is 0 Å². The molecule has 0 bridgehead atoms. The molecule has 0 saturated carbocycles. The summed E-state index contributed by atoms with van der Waals surface area (Å²) in [7, 11) is 0. The average molecular weight is 298 g/mol. The third kappa shape index (κ3) is 2.93. The lowest BCUT2D eigenvalue weighted by Gasteiger charge is -2.06. The molecule has 1 amide bonds. The van der Waals surface area contributed by atoms with E-state index < -0.39 is 5.82 Å². The number of aromatic nitrogens is 1. The minimum absolute atomic E-state index is 0.206. The number of para-hydroxylation sites is 1.